The van der Waals surface area contributed by atoms with Crippen molar-refractivity contribution in [3.63, 3.8) is 0 Å². The molecular formula is C15H14O6. The van der Waals surface area contributed by atoms with Crippen LogP contribution in [0.3, 0.4) is 0 Å². The molecule has 0 saturated carbocycles. The number of methoxy groups -OCH3 is 1. The van der Waals surface area contributed by atoms with E-state index in [1.165, 1.54) is 13.4 Å². The molecule has 0 aromatic carbocycles. The fraction of sp³-hybridized carbons (Fsp3) is 0.467. The average Bonchev–Trinajstić information content (AvgIpc) is 3.08. The monoisotopic (exact) mass is 290 g/mol. The molecule has 1 spiro atoms. The number of hydrogen-bond acceptors (Lipinski definition) is 6. The van der Waals surface area contributed by atoms with E-state index in [-0.39, 0.29) is 17.8 Å². The van der Waals surface area contributed by atoms with Gasteiger partial charge in [0.2, 0.25) is 6.29 Å². The molecule has 0 radical (unpaired) electrons. The summed E-state index contributed by atoms with van der Waals surface area (Å²) < 4.78 is 21.8. The van der Waals surface area contributed by atoms with Crippen molar-refractivity contribution < 1.29 is 28.5 Å². The summed E-state index contributed by atoms with van der Waals surface area (Å²) in [7, 11) is 1.32. The Bertz CT molecular complexity index is 630. The van der Waals surface area contributed by atoms with Crippen molar-refractivity contribution in [1.82, 2.24) is 0 Å². The Labute approximate surface area is 121 Å². The molecule has 6 nitrogen and oxygen atoms in total. The van der Waals surface area contributed by atoms with Crippen LogP contribution >= 0.6 is 0 Å². The lowest BCUT2D eigenvalue weighted by Gasteiger charge is -2.32. The molecule has 3 heterocycles. The number of rotatable bonds is 1. The van der Waals surface area contributed by atoms with Crippen LogP contribution in [0.5, 0.6) is 0 Å². The van der Waals surface area contributed by atoms with Crippen LogP contribution in [-0.4, -0.2) is 37.0 Å². The van der Waals surface area contributed by atoms with Crippen LogP contribution in [0.1, 0.15) is 6.92 Å². The summed E-state index contributed by atoms with van der Waals surface area (Å²) in [6, 6.07) is 0. The molecule has 1 unspecified atom stereocenters. The van der Waals surface area contributed by atoms with E-state index in [1.807, 2.05) is 12.2 Å². The highest BCUT2D eigenvalue weighted by Crippen LogP contribution is 2.57. The summed E-state index contributed by atoms with van der Waals surface area (Å²) in [5.41, 5.74) is 0.0425. The number of esters is 2. The van der Waals surface area contributed by atoms with E-state index in [2.05, 4.69) is 0 Å². The first-order valence-corrected chi connectivity index (χ1v) is 6.80. The van der Waals surface area contributed by atoms with E-state index < -0.39 is 24.0 Å². The minimum atomic E-state index is -0.873. The van der Waals surface area contributed by atoms with E-state index in [4.69, 9.17) is 18.9 Å². The summed E-state index contributed by atoms with van der Waals surface area (Å²) in [5.74, 6) is -1.31. The van der Waals surface area contributed by atoms with Gasteiger partial charge in [-0.1, -0.05) is 12.2 Å². The van der Waals surface area contributed by atoms with Crippen molar-refractivity contribution in [3.05, 3.63) is 35.6 Å². The van der Waals surface area contributed by atoms with E-state index in [0.29, 0.717) is 11.1 Å². The third-order valence-electron chi connectivity index (χ3n) is 4.65. The Hall–Kier alpha value is -2.08. The van der Waals surface area contributed by atoms with Crippen LogP contribution < -0.4 is 0 Å². The number of allylic oxidation sites excluding steroid dienone is 2. The predicted octanol–water partition coefficient (Wildman–Crippen LogP) is 0.842. The molecule has 4 rings (SSSR count). The fourth-order valence-corrected chi connectivity index (χ4v) is 3.74. The van der Waals surface area contributed by atoms with Crippen molar-refractivity contribution >= 4 is 11.9 Å². The van der Waals surface area contributed by atoms with Crippen molar-refractivity contribution in [1.29, 1.82) is 0 Å². The van der Waals surface area contributed by atoms with Crippen LogP contribution in [-0.2, 0) is 28.5 Å². The second-order valence-corrected chi connectivity index (χ2v) is 5.48. The highest BCUT2D eigenvalue weighted by Gasteiger charge is 2.70. The zero-order chi connectivity index (χ0) is 14.8. The molecule has 4 aliphatic rings. The maximum absolute atomic E-state index is 12.0. The van der Waals surface area contributed by atoms with Crippen LogP contribution in [0.25, 0.3) is 0 Å². The topological polar surface area (TPSA) is 71.1 Å². The zero-order valence-electron chi connectivity index (χ0n) is 11.6. The van der Waals surface area contributed by atoms with Crippen LogP contribution in [0.15, 0.2) is 35.6 Å². The van der Waals surface area contributed by atoms with Crippen molar-refractivity contribution in [3.8, 4) is 0 Å². The molecule has 0 N–H and O–H groups in total. The largest absolute Gasteiger partial charge is 0.471 e. The van der Waals surface area contributed by atoms with E-state index in [0.717, 1.165) is 0 Å². The number of hydrogen-bond donors (Lipinski definition) is 0. The molecule has 2 saturated heterocycles. The van der Waals surface area contributed by atoms with Gasteiger partial charge in [0, 0.05) is 5.92 Å². The summed E-state index contributed by atoms with van der Waals surface area (Å²) in [6.07, 6.45) is 5.77. The molecule has 0 aromatic rings. The number of carbonyl (C=O) groups excluding carboxylic acids is 2. The van der Waals surface area contributed by atoms with E-state index in [1.54, 1.807) is 13.0 Å². The Balaban J connectivity index is 1.78. The minimum absolute atomic E-state index is 0.231. The lowest BCUT2D eigenvalue weighted by atomic mass is 9.78. The van der Waals surface area contributed by atoms with Gasteiger partial charge in [0.25, 0.3) is 0 Å². The van der Waals surface area contributed by atoms with Crippen molar-refractivity contribution in [2.75, 3.05) is 7.11 Å². The number of ether oxygens (including phenoxy) is 4. The normalized spacial score (nSPS) is 44.0. The molecule has 1 aliphatic carbocycles. The first-order chi connectivity index (χ1) is 10.1. The molecule has 2 fully saturated rings. The summed E-state index contributed by atoms with van der Waals surface area (Å²) >= 11 is 0. The van der Waals surface area contributed by atoms with Gasteiger partial charge in [-0.3, -0.25) is 0 Å². The lowest BCUT2D eigenvalue weighted by molar-refractivity contribution is -0.152. The second kappa shape index (κ2) is 3.98. The van der Waals surface area contributed by atoms with Gasteiger partial charge in [0.1, 0.15) is 6.10 Å². The van der Waals surface area contributed by atoms with Gasteiger partial charge in [-0.05, 0) is 13.0 Å². The maximum Gasteiger partial charge on any atom is 0.337 e. The minimum Gasteiger partial charge on any atom is -0.471 e. The first-order valence-electron chi connectivity index (χ1n) is 6.80. The second-order valence-electron chi connectivity index (χ2n) is 5.48. The summed E-state index contributed by atoms with van der Waals surface area (Å²) in [5, 5.41) is 0. The van der Waals surface area contributed by atoms with Crippen molar-refractivity contribution in [2.45, 2.75) is 24.9 Å². The van der Waals surface area contributed by atoms with Gasteiger partial charge < -0.3 is 18.9 Å². The van der Waals surface area contributed by atoms with Crippen LogP contribution in [0.2, 0.25) is 0 Å². The average molecular weight is 290 g/mol. The van der Waals surface area contributed by atoms with Gasteiger partial charge in [0.05, 0.1) is 30.4 Å². The van der Waals surface area contributed by atoms with Gasteiger partial charge >= 0.3 is 11.9 Å². The molecule has 21 heavy (non-hydrogen) atoms. The third-order valence-corrected chi connectivity index (χ3v) is 4.65. The molecule has 0 aromatic heterocycles. The van der Waals surface area contributed by atoms with Crippen LogP contribution in [0, 0.1) is 11.8 Å². The standard InChI is InChI=1S/C15H14O6/c1-3-7-11-15(21-13(7)17)5-4-8-9(12(16)18-2)6-19-14(20-11)10(8)15/h3-6,8,10-11,14H,1-2H3/b7-3+/t8-,10?,11+,14-,15+/m1/s1. The quantitative estimate of drug-likeness (QED) is 0.405. The van der Waals surface area contributed by atoms with Gasteiger partial charge in [-0.15, -0.1) is 0 Å². The predicted molar refractivity (Wildman–Crippen MR) is 68.5 cm³/mol. The molecule has 0 bridgehead atoms. The van der Waals surface area contributed by atoms with Gasteiger partial charge in [-0.2, -0.15) is 0 Å². The Morgan fingerprint density at radius 3 is 3.00 bits per heavy atom. The fourth-order valence-electron chi connectivity index (χ4n) is 3.74. The zero-order valence-corrected chi connectivity index (χ0v) is 11.6. The molecule has 5 atom stereocenters. The summed E-state index contributed by atoms with van der Waals surface area (Å²) in [6.45, 7) is 1.77. The van der Waals surface area contributed by atoms with Crippen molar-refractivity contribution in [2.24, 2.45) is 11.8 Å². The van der Waals surface area contributed by atoms with Gasteiger partial charge in [0.15, 0.2) is 5.60 Å². The summed E-state index contributed by atoms with van der Waals surface area (Å²) in [4.78, 5) is 23.8. The Kier molecular flexibility index (Phi) is 2.39. The number of carbonyl (C=O) groups is 2. The third kappa shape index (κ3) is 1.35. The molecule has 6 heteroatoms. The molecule has 3 aliphatic heterocycles. The maximum atomic E-state index is 12.0. The Morgan fingerprint density at radius 1 is 1.48 bits per heavy atom. The highest BCUT2D eigenvalue weighted by atomic mass is 16.7. The SMILES string of the molecule is C/C=C1/C(=O)O[C@]23C=C[C@@H]4C(C(=O)OC)=CO[C@H](O[C@@H]12)C43. The molecule has 110 valence electrons. The van der Waals surface area contributed by atoms with E-state index >= 15 is 0 Å². The smallest absolute Gasteiger partial charge is 0.337 e. The van der Waals surface area contributed by atoms with E-state index in [9.17, 15) is 9.59 Å². The Morgan fingerprint density at radius 2 is 2.29 bits per heavy atom. The molecule has 0 amide bonds. The highest BCUT2D eigenvalue weighted by molar-refractivity contribution is 5.94. The lowest BCUT2D eigenvalue weighted by Crippen LogP contribution is -2.43. The molecular weight excluding hydrogens is 276 g/mol. The first kappa shape index (κ1) is 12.6. The van der Waals surface area contributed by atoms with Gasteiger partial charge in [-0.25, -0.2) is 9.59 Å². The van der Waals surface area contributed by atoms with Crippen LogP contribution in [0.4, 0.5) is 0 Å².